The lowest BCUT2D eigenvalue weighted by Crippen LogP contribution is -2.19. The van der Waals surface area contributed by atoms with Crippen LogP contribution in [0, 0.1) is 6.92 Å². The first kappa shape index (κ1) is 17.4. The summed E-state index contributed by atoms with van der Waals surface area (Å²) in [5.74, 6) is 0.801. The summed E-state index contributed by atoms with van der Waals surface area (Å²) in [6.07, 6.45) is 1.96. The van der Waals surface area contributed by atoms with Crippen LogP contribution in [-0.4, -0.2) is 47.9 Å². The Labute approximate surface area is 157 Å². The zero-order chi connectivity index (χ0) is 19.0. The smallest absolute Gasteiger partial charge is 0.209 e. The number of nitrogens with zero attached hydrogens (tertiary/aromatic N) is 1. The zero-order valence-electron chi connectivity index (χ0n) is 15.8. The summed E-state index contributed by atoms with van der Waals surface area (Å²) in [4.78, 5) is 21.5. The van der Waals surface area contributed by atoms with E-state index in [-0.39, 0.29) is 5.78 Å². The summed E-state index contributed by atoms with van der Waals surface area (Å²) in [6.45, 7) is 3.52. The molecular formula is C22H23N3O2. The van der Waals surface area contributed by atoms with Gasteiger partial charge in [-0.05, 0) is 69.0 Å². The predicted molar refractivity (Wildman–Crippen MR) is 109 cm³/mol. The second kappa shape index (κ2) is 6.93. The Morgan fingerprint density at radius 3 is 2.70 bits per heavy atom. The molecule has 0 spiro atoms. The summed E-state index contributed by atoms with van der Waals surface area (Å²) >= 11 is 0. The second-order valence-electron chi connectivity index (χ2n) is 7.14. The average molecular weight is 361 g/mol. The quantitative estimate of drug-likeness (QED) is 0.508. The first-order valence-electron chi connectivity index (χ1n) is 9.04. The average Bonchev–Trinajstić information content (AvgIpc) is 3.24. The summed E-state index contributed by atoms with van der Waals surface area (Å²) < 4.78 is 5.79. The standard InChI is InChI=1S/C22H23N3O2/c1-14-13-23-20-6-4-15(11-18(14)20)22(26)21-12-16-10-17(5-7-19(16)24-21)27-9-8-25(2)3/h4-7,10-13,23-24H,8-9H2,1-3H3. The Morgan fingerprint density at radius 2 is 1.89 bits per heavy atom. The molecular weight excluding hydrogens is 338 g/mol. The van der Waals surface area contributed by atoms with Gasteiger partial charge in [0.1, 0.15) is 12.4 Å². The number of fused-ring (bicyclic) bond motifs is 2. The van der Waals surface area contributed by atoms with Crippen molar-refractivity contribution in [1.82, 2.24) is 14.9 Å². The van der Waals surface area contributed by atoms with Crippen molar-refractivity contribution in [2.75, 3.05) is 27.2 Å². The molecule has 5 heteroatoms. The minimum Gasteiger partial charge on any atom is -0.492 e. The Bertz CT molecular complexity index is 1120. The maximum Gasteiger partial charge on any atom is 0.209 e. The second-order valence-corrected chi connectivity index (χ2v) is 7.14. The normalized spacial score (nSPS) is 11.6. The lowest BCUT2D eigenvalue weighted by molar-refractivity contribution is 0.103. The maximum atomic E-state index is 12.9. The molecule has 0 unspecified atom stereocenters. The highest BCUT2D eigenvalue weighted by Crippen LogP contribution is 2.25. The summed E-state index contributed by atoms with van der Waals surface area (Å²) in [6, 6.07) is 13.5. The monoisotopic (exact) mass is 361 g/mol. The lowest BCUT2D eigenvalue weighted by atomic mass is 10.0. The van der Waals surface area contributed by atoms with Crippen molar-refractivity contribution >= 4 is 27.6 Å². The van der Waals surface area contributed by atoms with Crippen LogP contribution >= 0.6 is 0 Å². The van der Waals surface area contributed by atoms with Crippen molar-refractivity contribution in [2.24, 2.45) is 0 Å². The molecule has 2 aromatic carbocycles. The van der Waals surface area contributed by atoms with E-state index >= 15 is 0 Å². The van der Waals surface area contributed by atoms with Crippen molar-refractivity contribution < 1.29 is 9.53 Å². The van der Waals surface area contributed by atoms with Gasteiger partial charge in [0, 0.05) is 40.1 Å². The molecule has 4 rings (SSSR count). The molecule has 0 fully saturated rings. The number of hydrogen-bond donors (Lipinski definition) is 2. The Kier molecular flexibility index (Phi) is 4.46. The number of rotatable bonds is 6. The number of aromatic amines is 2. The highest BCUT2D eigenvalue weighted by Gasteiger charge is 2.14. The van der Waals surface area contributed by atoms with Gasteiger partial charge in [-0.1, -0.05) is 0 Å². The largest absolute Gasteiger partial charge is 0.492 e. The van der Waals surface area contributed by atoms with E-state index in [0.717, 1.165) is 39.7 Å². The van der Waals surface area contributed by atoms with Crippen LogP contribution in [0.25, 0.3) is 21.8 Å². The molecule has 2 N–H and O–H groups in total. The lowest BCUT2D eigenvalue weighted by Gasteiger charge is -2.10. The van der Waals surface area contributed by atoms with Gasteiger partial charge in [0.05, 0.1) is 5.69 Å². The Morgan fingerprint density at radius 1 is 1.07 bits per heavy atom. The SMILES string of the molecule is Cc1c[nH]c2ccc(C(=O)c3cc4cc(OCCN(C)C)ccc4[nH]3)cc12. The van der Waals surface area contributed by atoms with Gasteiger partial charge in [0.2, 0.25) is 5.78 Å². The number of carbonyl (C=O) groups excluding carboxylic acids is 1. The molecule has 5 nitrogen and oxygen atoms in total. The third-order valence-corrected chi connectivity index (χ3v) is 4.79. The molecule has 0 amide bonds. The van der Waals surface area contributed by atoms with Crippen molar-refractivity contribution in [2.45, 2.75) is 6.92 Å². The molecule has 4 aromatic rings. The van der Waals surface area contributed by atoms with E-state index in [4.69, 9.17) is 4.74 Å². The molecule has 0 radical (unpaired) electrons. The van der Waals surface area contributed by atoms with E-state index in [1.54, 1.807) is 0 Å². The van der Waals surface area contributed by atoms with Gasteiger partial charge in [-0.25, -0.2) is 0 Å². The Balaban J connectivity index is 1.60. The minimum absolute atomic E-state index is 0.0104. The van der Waals surface area contributed by atoms with Crippen LogP contribution in [-0.2, 0) is 0 Å². The number of likely N-dealkylation sites (N-methyl/N-ethyl adjacent to an activating group) is 1. The number of nitrogens with one attached hydrogen (secondary N) is 2. The van der Waals surface area contributed by atoms with Gasteiger partial charge in [0.25, 0.3) is 0 Å². The van der Waals surface area contributed by atoms with Gasteiger partial charge in [0.15, 0.2) is 0 Å². The fourth-order valence-electron chi connectivity index (χ4n) is 3.23. The van der Waals surface area contributed by atoms with Crippen LogP contribution in [0.4, 0.5) is 0 Å². The van der Waals surface area contributed by atoms with E-state index in [1.165, 1.54) is 0 Å². The number of aryl methyl sites for hydroxylation is 1. The number of hydrogen-bond acceptors (Lipinski definition) is 3. The molecule has 2 heterocycles. The summed E-state index contributed by atoms with van der Waals surface area (Å²) in [5, 5.41) is 2.05. The molecule has 0 atom stereocenters. The van der Waals surface area contributed by atoms with E-state index in [1.807, 2.05) is 69.7 Å². The predicted octanol–water partition coefficient (Wildman–Crippen LogP) is 4.13. The van der Waals surface area contributed by atoms with E-state index in [0.29, 0.717) is 17.9 Å². The first-order chi connectivity index (χ1) is 13.0. The van der Waals surface area contributed by atoms with Crippen LogP contribution in [0.5, 0.6) is 5.75 Å². The maximum absolute atomic E-state index is 12.9. The summed E-state index contributed by atoms with van der Waals surface area (Å²) in [5.41, 5.74) is 4.37. The topological polar surface area (TPSA) is 61.1 Å². The van der Waals surface area contributed by atoms with Crippen LogP contribution in [0.1, 0.15) is 21.6 Å². The van der Waals surface area contributed by atoms with Crippen molar-refractivity contribution in [3.63, 3.8) is 0 Å². The molecule has 0 bridgehead atoms. The molecule has 0 aliphatic rings. The van der Waals surface area contributed by atoms with E-state index in [9.17, 15) is 4.79 Å². The van der Waals surface area contributed by atoms with Crippen molar-refractivity contribution in [3.05, 3.63) is 65.5 Å². The van der Waals surface area contributed by atoms with Gasteiger partial charge in [-0.15, -0.1) is 0 Å². The molecule has 27 heavy (non-hydrogen) atoms. The van der Waals surface area contributed by atoms with Gasteiger partial charge >= 0.3 is 0 Å². The minimum atomic E-state index is -0.0104. The van der Waals surface area contributed by atoms with E-state index < -0.39 is 0 Å². The van der Waals surface area contributed by atoms with Crippen LogP contribution in [0.3, 0.4) is 0 Å². The van der Waals surface area contributed by atoms with Gasteiger partial charge in [-0.3, -0.25) is 4.79 Å². The molecule has 0 aliphatic heterocycles. The van der Waals surface area contributed by atoms with Crippen LogP contribution < -0.4 is 4.74 Å². The van der Waals surface area contributed by atoms with Gasteiger partial charge < -0.3 is 19.6 Å². The fourth-order valence-corrected chi connectivity index (χ4v) is 3.23. The number of ether oxygens (including phenoxy) is 1. The molecule has 0 saturated heterocycles. The molecule has 0 saturated carbocycles. The number of H-pyrrole nitrogens is 2. The highest BCUT2D eigenvalue weighted by molar-refractivity contribution is 6.11. The molecule has 2 aromatic heterocycles. The van der Waals surface area contributed by atoms with E-state index in [2.05, 4.69) is 14.9 Å². The highest BCUT2D eigenvalue weighted by atomic mass is 16.5. The van der Waals surface area contributed by atoms with Crippen molar-refractivity contribution in [1.29, 1.82) is 0 Å². The first-order valence-corrected chi connectivity index (χ1v) is 9.04. The van der Waals surface area contributed by atoms with Crippen LogP contribution in [0.2, 0.25) is 0 Å². The number of carbonyl (C=O) groups is 1. The third kappa shape index (κ3) is 3.46. The van der Waals surface area contributed by atoms with Crippen LogP contribution in [0.15, 0.2) is 48.7 Å². The zero-order valence-corrected chi connectivity index (χ0v) is 15.8. The number of ketones is 1. The summed E-state index contributed by atoms with van der Waals surface area (Å²) in [7, 11) is 4.03. The molecule has 138 valence electrons. The molecule has 0 aliphatic carbocycles. The van der Waals surface area contributed by atoms with Gasteiger partial charge in [-0.2, -0.15) is 0 Å². The third-order valence-electron chi connectivity index (χ3n) is 4.79. The number of aromatic nitrogens is 2. The Hall–Kier alpha value is -3.05. The van der Waals surface area contributed by atoms with Crippen molar-refractivity contribution in [3.8, 4) is 5.75 Å². The number of benzene rings is 2. The fraction of sp³-hybridized carbons (Fsp3) is 0.227.